The van der Waals surface area contributed by atoms with Gasteiger partial charge in [-0.2, -0.15) is 0 Å². The fourth-order valence-electron chi connectivity index (χ4n) is 3.11. The Labute approximate surface area is 170 Å². The van der Waals surface area contributed by atoms with Crippen LogP contribution in [0.25, 0.3) is 0 Å². The lowest BCUT2D eigenvalue weighted by molar-refractivity contribution is -0.143. The van der Waals surface area contributed by atoms with Crippen LogP contribution >= 0.6 is 11.3 Å². The minimum absolute atomic E-state index is 0.0202. The summed E-state index contributed by atoms with van der Waals surface area (Å²) in [6.45, 7) is 6.88. The number of carbonyl (C=O) groups is 2. The first-order valence-corrected chi connectivity index (χ1v) is 10.6. The summed E-state index contributed by atoms with van der Waals surface area (Å²) in [5.74, 6) is -0.214. The van der Waals surface area contributed by atoms with Crippen molar-refractivity contribution in [1.29, 1.82) is 0 Å². The molecule has 28 heavy (non-hydrogen) atoms. The fourth-order valence-corrected chi connectivity index (χ4v) is 4.03. The van der Waals surface area contributed by atoms with Crippen molar-refractivity contribution in [2.24, 2.45) is 5.92 Å². The molecule has 0 saturated heterocycles. The molecule has 0 atom stereocenters. The Bertz CT molecular complexity index is 827. The number of aryl methyl sites for hydroxylation is 1. The second-order valence-electron chi connectivity index (χ2n) is 7.74. The van der Waals surface area contributed by atoms with Crippen molar-refractivity contribution in [3.8, 4) is 0 Å². The van der Waals surface area contributed by atoms with Crippen LogP contribution < -0.4 is 0 Å². The van der Waals surface area contributed by atoms with Gasteiger partial charge in [0.1, 0.15) is 12.4 Å². The van der Waals surface area contributed by atoms with Crippen molar-refractivity contribution in [1.82, 2.24) is 9.80 Å². The quantitative estimate of drug-likeness (QED) is 0.658. The second kappa shape index (κ2) is 8.86. The monoisotopic (exact) mass is 402 g/mol. The molecule has 0 bridgehead atoms. The summed E-state index contributed by atoms with van der Waals surface area (Å²) in [4.78, 5) is 30.3. The lowest BCUT2D eigenvalue weighted by Gasteiger charge is -2.30. The maximum atomic E-state index is 13.2. The number of rotatable bonds is 8. The van der Waals surface area contributed by atoms with Crippen LogP contribution in [0.15, 0.2) is 35.7 Å². The maximum Gasteiger partial charge on any atom is 0.242 e. The molecule has 3 rings (SSSR count). The van der Waals surface area contributed by atoms with Crippen molar-refractivity contribution in [2.45, 2.75) is 52.7 Å². The highest BCUT2D eigenvalue weighted by Crippen LogP contribution is 2.31. The molecular weight excluding hydrogens is 375 g/mol. The largest absolute Gasteiger partial charge is 0.332 e. The predicted octanol–water partition coefficient (Wildman–Crippen LogP) is 4.37. The SMILES string of the molecule is Cc1ccsc1CN(Cc1ccc(F)cc1)C(=O)CN(C(=O)C1CC1)C(C)C. The molecule has 1 fully saturated rings. The van der Waals surface area contributed by atoms with Gasteiger partial charge in [-0.25, -0.2) is 4.39 Å². The summed E-state index contributed by atoms with van der Waals surface area (Å²) in [5.41, 5.74) is 2.02. The molecule has 1 aromatic heterocycles. The van der Waals surface area contributed by atoms with E-state index in [9.17, 15) is 14.0 Å². The third-order valence-corrected chi connectivity index (χ3v) is 6.09. The predicted molar refractivity (Wildman–Crippen MR) is 109 cm³/mol. The average molecular weight is 403 g/mol. The van der Waals surface area contributed by atoms with Crippen molar-refractivity contribution in [2.75, 3.05) is 6.54 Å². The highest BCUT2D eigenvalue weighted by Gasteiger charge is 2.35. The van der Waals surface area contributed by atoms with Crippen LogP contribution in [-0.4, -0.2) is 34.2 Å². The molecule has 0 spiro atoms. The maximum absolute atomic E-state index is 13.2. The molecule has 1 aliphatic rings. The van der Waals surface area contributed by atoms with Crippen LogP contribution in [0, 0.1) is 18.7 Å². The smallest absolute Gasteiger partial charge is 0.242 e. The van der Waals surface area contributed by atoms with Crippen LogP contribution in [0.1, 0.15) is 42.7 Å². The Morgan fingerprint density at radius 1 is 1.14 bits per heavy atom. The van der Waals surface area contributed by atoms with E-state index >= 15 is 0 Å². The molecule has 0 radical (unpaired) electrons. The number of amides is 2. The topological polar surface area (TPSA) is 40.6 Å². The number of hydrogen-bond acceptors (Lipinski definition) is 3. The van der Waals surface area contributed by atoms with E-state index < -0.39 is 0 Å². The first-order valence-electron chi connectivity index (χ1n) is 9.71. The lowest BCUT2D eigenvalue weighted by atomic mass is 10.2. The van der Waals surface area contributed by atoms with Gasteiger partial charge in [-0.05, 0) is 68.3 Å². The molecule has 1 saturated carbocycles. The van der Waals surface area contributed by atoms with Crippen molar-refractivity contribution in [3.05, 3.63) is 57.5 Å². The summed E-state index contributed by atoms with van der Waals surface area (Å²) < 4.78 is 13.2. The van der Waals surface area contributed by atoms with Gasteiger partial charge >= 0.3 is 0 Å². The summed E-state index contributed by atoms with van der Waals surface area (Å²) in [6, 6.07) is 8.24. The molecule has 2 aromatic rings. The van der Waals surface area contributed by atoms with E-state index in [0.717, 1.165) is 28.8 Å². The molecular formula is C22H27FN2O2S. The van der Waals surface area contributed by atoms with Crippen LogP contribution in [-0.2, 0) is 22.7 Å². The summed E-state index contributed by atoms with van der Waals surface area (Å²) in [7, 11) is 0. The summed E-state index contributed by atoms with van der Waals surface area (Å²) in [5, 5.41) is 2.02. The van der Waals surface area contributed by atoms with Crippen LogP contribution in [0.3, 0.4) is 0 Å². The molecule has 1 aliphatic carbocycles. The minimum atomic E-state index is -0.295. The van der Waals surface area contributed by atoms with Crippen molar-refractivity contribution in [3.63, 3.8) is 0 Å². The zero-order chi connectivity index (χ0) is 20.3. The normalized spacial score (nSPS) is 13.6. The van der Waals surface area contributed by atoms with Gasteiger partial charge < -0.3 is 9.80 Å². The number of carbonyl (C=O) groups excluding carboxylic acids is 2. The van der Waals surface area contributed by atoms with Crippen molar-refractivity contribution < 1.29 is 14.0 Å². The van der Waals surface area contributed by atoms with Gasteiger partial charge in [0.05, 0.1) is 6.54 Å². The van der Waals surface area contributed by atoms with E-state index in [2.05, 4.69) is 0 Å². The van der Waals surface area contributed by atoms with E-state index in [1.54, 1.807) is 33.3 Å². The summed E-state index contributed by atoms with van der Waals surface area (Å²) in [6.07, 6.45) is 1.84. The summed E-state index contributed by atoms with van der Waals surface area (Å²) >= 11 is 1.62. The van der Waals surface area contributed by atoms with Gasteiger partial charge in [0, 0.05) is 23.4 Å². The highest BCUT2D eigenvalue weighted by molar-refractivity contribution is 7.10. The lowest BCUT2D eigenvalue weighted by Crippen LogP contribution is -2.46. The minimum Gasteiger partial charge on any atom is -0.332 e. The Kier molecular flexibility index (Phi) is 6.50. The van der Waals surface area contributed by atoms with E-state index in [1.165, 1.54) is 12.1 Å². The molecule has 6 heteroatoms. The molecule has 0 aliphatic heterocycles. The standard InChI is InChI=1S/C22H27FN2O2S/c1-15(2)25(22(27)18-6-7-18)14-21(26)24(13-20-16(3)10-11-28-20)12-17-4-8-19(23)9-5-17/h4-5,8-11,15,18H,6-7,12-14H2,1-3H3. The Morgan fingerprint density at radius 3 is 2.36 bits per heavy atom. The highest BCUT2D eigenvalue weighted by atomic mass is 32.1. The number of nitrogens with zero attached hydrogens (tertiary/aromatic N) is 2. The molecule has 2 amide bonds. The average Bonchev–Trinajstić information content (AvgIpc) is 3.43. The molecule has 1 heterocycles. The molecule has 4 nitrogen and oxygen atoms in total. The van der Waals surface area contributed by atoms with Gasteiger partial charge in [-0.15, -0.1) is 11.3 Å². The number of benzene rings is 1. The first-order chi connectivity index (χ1) is 13.3. The molecule has 0 unspecified atom stereocenters. The number of thiophene rings is 1. The number of halogens is 1. The van der Waals surface area contributed by atoms with Gasteiger partial charge in [0.15, 0.2) is 0 Å². The van der Waals surface area contributed by atoms with Crippen LogP contribution in [0.5, 0.6) is 0 Å². The molecule has 1 aromatic carbocycles. The van der Waals surface area contributed by atoms with E-state index in [4.69, 9.17) is 0 Å². The molecule has 150 valence electrons. The number of hydrogen-bond donors (Lipinski definition) is 0. The zero-order valence-electron chi connectivity index (χ0n) is 16.7. The van der Waals surface area contributed by atoms with Crippen molar-refractivity contribution >= 4 is 23.2 Å². The third-order valence-electron chi connectivity index (χ3n) is 5.08. The third kappa shape index (κ3) is 5.19. The first kappa shape index (κ1) is 20.5. The Morgan fingerprint density at radius 2 is 1.82 bits per heavy atom. The van der Waals surface area contributed by atoms with E-state index in [-0.39, 0.29) is 36.1 Å². The van der Waals surface area contributed by atoms with Crippen LogP contribution in [0.2, 0.25) is 0 Å². The van der Waals surface area contributed by atoms with E-state index in [0.29, 0.717) is 13.1 Å². The van der Waals surface area contributed by atoms with Gasteiger partial charge in [-0.3, -0.25) is 9.59 Å². The zero-order valence-corrected chi connectivity index (χ0v) is 17.5. The molecule has 0 N–H and O–H groups in total. The second-order valence-corrected chi connectivity index (χ2v) is 8.74. The van der Waals surface area contributed by atoms with E-state index in [1.807, 2.05) is 32.2 Å². The van der Waals surface area contributed by atoms with Gasteiger partial charge in [-0.1, -0.05) is 12.1 Å². The van der Waals surface area contributed by atoms with Crippen LogP contribution in [0.4, 0.5) is 4.39 Å². The van der Waals surface area contributed by atoms with Gasteiger partial charge in [0.25, 0.3) is 0 Å². The van der Waals surface area contributed by atoms with Gasteiger partial charge in [0.2, 0.25) is 11.8 Å². The fraction of sp³-hybridized carbons (Fsp3) is 0.455. The Hall–Kier alpha value is -2.21. The Balaban J connectivity index is 1.77.